The molecule has 0 atom stereocenters. The number of rotatable bonds is 0. The van der Waals surface area contributed by atoms with Gasteiger partial charge in [-0.2, -0.15) is 0 Å². The Labute approximate surface area is 57.7 Å². The maximum Gasteiger partial charge on any atom is 0.165 e. The van der Waals surface area contributed by atoms with Gasteiger partial charge in [0.1, 0.15) is 0 Å². The zero-order valence-corrected chi connectivity index (χ0v) is 5.20. The van der Waals surface area contributed by atoms with Crippen LogP contribution in [0.4, 0.5) is 0 Å². The van der Waals surface area contributed by atoms with Crippen molar-refractivity contribution in [2.45, 2.75) is 0 Å². The highest BCUT2D eigenvalue weighted by Crippen LogP contribution is 2.36. The minimum absolute atomic E-state index is 0.0139. The Hall–Kier alpha value is -1.44. The molecule has 0 spiro atoms. The monoisotopic (exact) mass is 134 g/mol. The number of phenolic OH excluding ortho intramolecular Hbond substituents is 2. The molecule has 0 saturated carbocycles. The molecule has 0 fully saturated rings. The van der Waals surface area contributed by atoms with Crippen LogP contribution < -0.4 is 0 Å². The average Bonchev–Trinajstić information content (AvgIpc) is 2.00. The Bertz CT molecular complexity index is 299. The standard InChI is InChI=1S/C8H6O2/c9-7-5-1-2-6(4-3-5)8(7)10/h1-4,9-10H. The fourth-order valence-corrected chi connectivity index (χ4v) is 1.06. The second-order valence-electron chi connectivity index (χ2n) is 2.27. The molecule has 0 aliphatic rings. The van der Waals surface area contributed by atoms with Gasteiger partial charge in [-0.1, -0.05) is 24.3 Å². The summed E-state index contributed by atoms with van der Waals surface area (Å²) in [7, 11) is 0. The summed E-state index contributed by atoms with van der Waals surface area (Å²) in [5.74, 6) is -0.0278. The van der Waals surface area contributed by atoms with Gasteiger partial charge in [0.25, 0.3) is 0 Å². The van der Waals surface area contributed by atoms with Gasteiger partial charge in [0.2, 0.25) is 0 Å². The van der Waals surface area contributed by atoms with Crippen LogP contribution in [0.15, 0.2) is 24.3 Å². The van der Waals surface area contributed by atoms with E-state index in [0.29, 0.717) is 10.8 Å². The van der Waals surface area contributed by atoms with Crippen molar-refractivity contribution in [1.29, 1.82) is 0 Å². The number of hydrogen-bond donors (Lipinski definition) is 2. The fraction of sp³-hybridized carbons (Fsp3) is 0. The molecule has 0 unspecified atom stereocenters. The molecular formula is C8H6O2. The Balaban J connectivity index is 3.00. The molecule has 3 aromatic carbocycles. The molecule has 0 aliphatic heterocycles. The van der Waals surface area contributed by atoms with Crippen LogP contribution in [-0.2, 0) is 0 Å². The number of fused-ring (bicyclic) bond motifs is 3. The third-order valence-corrected chi connectivity index (χ3v) is 1.66. The second-order valence-corrected chi connectivity index (χ2v) is 2.27. The van der Waals surface area contributed by atoms with E-state index in [9.17, 15) is 0 Å². The van der Waals surface area contributed by atoms with Crippen LogP contribution in [0.5, 0.6) is 11.5 Å². The Morgan fingerprint density at radius 3 is 1.20 bits per heavy atom. The van der Waals surface area contributed by atoms with Crippen molar-refractivity contribution in [3.63, 3.8) is 0 Å². The van der Waals surface area contributed by atoms with E-state index in [1.165, 1.54) is 0 Å². The number of hydrogen-bond acceptors (Lipinski definition) is 2. The topological polar surface area (TPSA) is 40.5 Å². The first-order valence-electron chi connectivity index (χ1n) is 3.02. The van der Waals surface area contributed by atoms with Gasteiger partial charge < -0.3 is 10.2 Å². The number of benzene rings is 3. The average molecular weight is 134 g/mol. The van der Waals surface area contributed by atoms with E-state index in [0.717, 1.165) is 0 Å². The quantitative estimate of drug-likeness (QED) is 0.538. The summed E-state index contributed by atoms with van der Waals surface area (Å²) in [6.45, 7) is 0. The highest BCUT2D eigenvalue weighted by Gasteiger charge is 2.05. The van der Waals surface area contributed by atoms with Crippen molar-refractivity contribution >= 4 is 10.8 Å². The predicted octanol–water partition coefficient (Wildman–Crippen LogP) is 1.69. The van der Waals surface area contributed by atoms with Crippen LogP contribution in [0.3, 0.4) is 0 Å². The van der Waals surface area contributed by atoms with Crippen molar-refractivity contribution in [3.8, 4) is 11.5 Å². The molecule has 2 heteroatoms. The van der Waals surface area contributed by atoms with Crippen molar-refractivity contribution in [1.82, 2.24) is 0 Å². The fourth-order valence-electron chi connectivity index (χ4n) is 1.06. The van der Waals surface area contributed by atoms with Crippen LogP contribution >= 0.6 is 0 Å². The normalized spacial score (nSPS) is 10.8. The SMILES string of the molecule is Oc1c(O)c2ccc1cc2. The lowest BCUT2D eigenvalue weighted by atomic mass is 10.1. The third kappa shape index (κ3) is 0.480. The maximum absolute atomic E-state index is 9.14. The summed E-state index contributed by atoms with van der Waals surface area (Å²) >= 11 is 0. The van der Waals surface area contributed by atoms with E-state index in [2.05, 4.69) is 0 Å². The van der Waals surface area contributed by atoms with Gasteiger partial charge in [-0.05, 0) is 0 Å². The first-order chi connectivity index (χ1) is 4.79. The lowest BCUT2D eigenvalue weighted by molar-refractivity contribution is 0.411. The molecule has 3 rings (SSSR count). The van der Waals surface area contributed by atoms with Gasteiger partial charge >= 0.3 is 0 Å². The minimum Gasteiger partial charge on any atom is -0.504 e. The first-order valence-corrected chi connectivity index (χ1v) is 3.02. The Morgan fingerprint density at radius 2 is 1.00 bits per heavy atom. The molecule has 50 valence electrons. The minimum atomic E-state index is -0.0139. The lowest BCUT2D eigenvalue weighted by Gasteiger charge is -2.03. The molecule has 0 radical (unpaired) electrons. The van der Waals surface area contributed by atoms with Gasteiger partial charge in [-0.15, -0.1) is 0 Å². The third-order valence-electron chi connectivity index (χ3n) is 1.66. The summed E-state index contributed by atoms with van der Waals surface area (Å²) in [6, 6.07) is 7.07. The zero-order valence-electron chi connectivity index (χ0n) is 5.20. The second kappa shape index (κ2) is 1.53. The molecule has 10 heavy (non-hydrogen) atoms. The molecule has 2 bridgehead atoms. The van der Waals surface area contributed by atoms with Gasteiger partial charge in [0.15, 0.2) is 11.5 Å². The molecule has 2 N–H and O–H groups in total. The van der Waals surface area contributed by atoms with E-state index in [-0.39, 0.29) is 11.5 Å². The van der Waals surface area contributed by atoms with Crippen molar-refractivity contribution in [3.05, 3.63) is 24.3 Å². The van der Waals surface area contributed by atoms with Gasteiger partial charge in [0.05, 0.1) is 0 Å². The van der Waals surface area contributed by atoms with Gasteiger partial charge in [-0.25, -0.2) is 0 Å². The summed E-state index contributed by atoms with van der Waals surface area (Å²) in [5.41, 5.74) is 0. The van der Waals surface area contributed by atoms with Crippen LogP contribution in [0.2, 0.25) is 0 Å². The predicted molar refractivity (Wildman–Crippen MR) is 38.5 cm³/mol. The molecule has 0 aliphatic carbocycles. The van der Waals surface area contributed by atoms with E-state index >= 15 is 0 Å². The van der Waals surface area contributed by atoms with Crippen molar-refractivity contribution < 1.29 is 10.2 Å². The van der Waals surface area contributed by atoms with Gasteiger partial charge in [0, 0.05) is 10.8 Å². The highest BCUT2D eigenvalue weighted by molar-refractivity contribution is 5.84. The van der Waals surface area contributed by atoms with Crippen molar-refractivity contribution in [2.75, 3.05) is 0 Å². The van der Waals surface area contributed by atoms with Gasteiger partial charge in [-0.3, -0.25) is 0 Å². The van der Waals surface area contributed by atoms with E-state index < -0.39 is 0 Å². The van der Waals surface area contributed by atoms with E-state index in [4.69, 9.17) is 10.2 Å². The van der Waals surface area contributed by atoms with E-state index in [1.807, 2.05) is 0 Å². The summed E-state index contributed by atoms with van der Waals surface area (Å²) in [6.07, 6.45) is 0. The molecule has 0 heterocycles. The molecule has 3 aromatic rings. The Morgan fingerprint density at radius 1 is 0.700 bits per heavy atom. The first kappa shape index (κ1) is 5.35. The highest BCUT2D eigenvalue weighted by atomic mass is 16.3. The molecule has 0 aromatic heterocycles. The van der Waals surface area contributed by atoms with Crippen molar-refractivity contribution in [2.24, 2.45) is 0 Å². The van der Waals surface area contributed by atoms with E-state index in [1.54, 1.807) is 24.3 Å². The smallest absolute Gasteiger partial charge is 0.165 e. The lowest BCUT2D eigenvalue weighted by Crippen LogP contribution is -1.75. The largest absolute Gasteiger partial charge is 0.504 e. The van der Waals surface area contributed by atoms with Crippen LogP contribution in [0.1, 0.15) is 0 Å². The summed E-state index contributed by atoms with van der Waals surface area (Å²) in [5, 5.41) is 19.6. The Kier molecular flexibility index (Phi) is 0.822. The number of phenols is 4. The maximum atomic E-state index is 9.14. The molecular weight excluding hydrogens is 128 g/mol. The zero-order chi connectivity index (χ0) is 7.14. The number of aromatic hydroxyl groups is 2. The van der Waals surface area contributed by atoms with Crippen LogP contribution in [0.25, 0.3) is 10.8 Å². The summed E-state index contributed by atoms with van der Waals surface area (Å²) in [4.78, 5) is 0. The molecule has 0 saturated heterocycles. The molecule has 2 nitrogen and oxygen atoms in total. The van der Waals surface area contributed by atoms with Crippen LogP contribution in [-0.4, -0.2) is 10.2 Å². The van der Waals surface area contributed by atoms with Crippen LogP contribution in [0, 0.1) is 0 Å². The summed E-state index contributed by atoms with van der Waals surface area (Å²) < 4.78 is 0. The molecule has 0 amide bonds.